The first-order valence-corrected chi connectivity index (χ1v) is 6.96. The van der Waals surface area contributed by atoms with Gasteiger partial charge in [0.15, 0.2) is 4.90 Å². The molecule has 0 fully saturated rings. The molecule has 9 nitrogen and oxygen atoms in total. The first-order chi connectivity index (χ1) is 9.31. The van der Waals surface area contributed by atoms with Gasteiger partial charge in [-0.2, -0.15) is 0 Å². The Kier molecular flexibility index (Phi) is 5.00. The second-order valence-electron chi connectivity index (χ2n) is 3.69. The van der Waals surface area contributed by atoms with E-state index >= 15 is 0 Å². The van der Waals surface area contributed by atoms with E-state index in [1.165, 1.54) is 13.1 Å². The Morgan fingerprint density at radius 2 is 2.00 bits per heavy atom. The molecular formula is C10H14N4O5S. The maximum atomic E-state index is 12.0. The molecule has 0 aliphatic carbocycles. The van der Waals surface area contributed by atoms with Gasteiger partial charge in [0.2, 0.25) is 15.9 Å². The van der Waals surface area contributed by atoms with Crippen LogP contribution < -0.4 is 15.4 Å². The molecule has 0 heterocycles. The van der Waals surface area contributed by atoms with Gasteiger partial charge in [-0.05, 0) is 12.1 Å². The van der Waals surface area contributed by atoms with Gasteiger partial charge in [-0.15, -0.1) is 0 Å². The van der Waals surface area contributed by atoms with Gasteiger partial charge in [-0.3, -0.25) is 14.9 Å². The largest absolute Gasteiger partial charge is 0.388 e. The van der Waals surface area contributed by atoms with E-state index in [1.807, 2.05) is 4.72 Å². The standard InChI is InChI=1S/C10H14N4O5S/c1-11-7-3-4-8(14(16)17)9(5-7)20(18,19)13-6-10(15)12-2/h3-5,11,13H,6H2,1-2H3,(H,12,15). The van der Waals surface area contributed by atoms with E-state index in [0.717, 1.165) is 12.1 Å². The molecule has 0 bridgehead atoms. The fourth-order valence-corrected chi connectivity index (χ4v) is 2.54. The second kappa shape index (κ2) is 6.30. The molecule has 1 amide bonds. The molecule has 0 atom stereocenters. The van der Waals surface area contributed by atoms with Gasteiger partial charge in [-0.25, -0.2) is 13.1 Å². The molecule has 10 heteroatoms. The van der Waals surface area contributed by atoms with E-state index < -0.39 is 38.0 Å². The highest BCUT2D eigenvalue weighted by atomic mass is 32.2. The molecule has 1 aromatic carbocycles. The molecule has 0 saturated heterocycles. The smallest absolute Gasteiger partial charge is 0.289 e. The van der Waals surface area contributed by atoms with Crippen LogP contribution in [0.1, 0.15) is 0 Å². The van der Waals surface area contributed by atoms with Crippen molar-refractivity contribution in [1.82, 2.24) is 10.0 Å². The summed E-state index contributed by atoms with van der Waals surface area (Å²) in [6, 6.07) is 3.60. The number of hydrogen-bond acceptors (Lipinski definition) is 6. The lowest BCUT2D eigenvalue weighted by Gasteiger charge is -2.08. The zero-order valence-electron chi connectivity index (χ0n) is 10.8. The fourth-order valence-electron chi connectivity index (χ4n) is 1.36. The number of benzene rings is 1. The van der Waals surface area contributed by atoms with Crippen LogP contribution in [0.4, 0.5) is 11.4 Å². The van der Waals surface area contributed by atoms with E-state index in [1.54, 1.807) is 7.05 Å². The third-order valence-electron chi connectivity index (χ3n) is 2.44. The molecule has 0 spiro atoms. The zero-order chi connectivity index (χ0) is 15.3. The lowest BCUT2D eigenvalue weighted by molar-refractivity contribution is -0.387. The van der Waals surface area contributed by atoms with Crippen LogP contribution in [0.5, 0.6) is 0 Å². The Balaban J connectivity index is 3.21. The minimum absolute atomic E-state index is 0.399. The van der Waals surface area contributed by atoms with Gasteiger partial charge in [0.1, 0.15) is 0 Å². The normalized spacial score (nSPS) is 10.9. The first-order valence-electron chi connectivity index (χ1n) is 5.48. The average molecular weight is 302 g/mol. The number of carbonyl (C=O) groups is 1. The van der Waals surface area contributed by atoms with Crippen molar-refractivity contribution in [2.45, 2.75) is 4.90 Å². The quantitative estimate of drug-likeness (QED) is 0.487. The van der Waals surface area contributed by atoms with Gasteiger partial charge in [0, 0.05) is 25.8 Å². The summed E-state index contributed by atoms with van der Waals surface area (Å²) in [5.74, 6) is -0.555. The number of rotatable bonds is 6. The number of amides is 1. The molecule has 110 valence electrons. The molecule has 0 saturated carbocycles. The van der Waals surface area contributed by atoms with Crippen LogP contribution in [-0.4, -0.2) is 39.9 Å². The van der Waals surface area contributed by atoms with Gasteiger partial charge in [0.05, 0.1) is 11.5 Å². The maximum Gasteiger partial charge on any atom is 0.289 e. The highest BCUT2D eigenvalue weighted by Crippen LogP contribution is 2.26. The lowest BCUT2D eigenvalue weighted by atomic mass is 10.3. The van der Waals surface area contributed by atoms with Gasteiger partial charge >= 0.3 is 0 Å². The molecule has 0 aliphatic heterocycles. The van der Waals surface area contributed by atoms with Gasteiger partial charge < -0.3 is 10.6 Å². The van der Waals surface area contributed by atoms with Crippen molar-refractivity contribution < 1.29 is 18.1 Å². The summed E-state index contributed by atoms with van der Waals surface area (Å²) in [7, 11) is -1.27. The highest BCUT2D eigenvalue weighted by Gasteiger charge is 2.26. The summed E-state index contributed by atoms with van der Waals surface area (Å²) in [4.78, 5) is 20.6. The van der Waals surface area contributed by atoms with E-state index in [0.29, 0.717) is 5.69 Å². The third-order valence-corrected chi connectivity index (χ3v) is 3.87. The number of likely N-dealkylation sites (N-methyl/N-ethyl adjacent to an activating group) is 1. The number of nitro benzene ring substituents is 1. The predicted molar refractivity (Wildman–Crippen MR) is 71.9 cm³/mol. The molecular weight excluding hydrogens is 288 g/mol. The number of sulfonamides is 1. The van der Waals surface area contributed by atoms with Crippen molar-refractivity contribution >= 4 is 27.3 Å². The van der Waals surface area contributed by atoms with Crippen LogP contribution in [0.3, 0.4) is 0 Å². The van der Waals surface area contributed by atoms with E-state index in [2.05, 4.69) is 10.6 Å². The zero-order valence-corrected chi connectivity index (χ0v) is 11.7. The fraction of sp³-hybridized carbons (Fsp3) is 0.300. The molecule has 0 unspecified atom stereocenters. The van der Waals surface area contributed by atoms with Crippen molar-refractivity contribution in [3.8, 4) is 0 Å². The Hall–Kier alpha value is -2.20. The summed E-state index contributed by atoms with van der Waals surface area (Å²) < 4.78 is 26.0. The van der Waals surface area contributed by atoms with Gasteiger partial charge in [-0.1, -0.05) is 0 Å². The molecule has 1 rings (SSSR count). The van der Waals surface area contributed by atoms with Crippen LogP contribution in [0.25, 0.3) is 0 Å². The highest BCUT2D eigenvalue weighted by molar-refractivity contribution is 7.89. The maximum absolute atomic E-state index is 12.0. The van der Waals surface area contributed by atoms with Crippen molar-refractivity contribution in [2.24, 2.45) is 0 Å². The monoisotopic (exact) mass is 302 g/mol. The molecule has 0 aliphatic rings. The van der Waals surface area contributed by atoms with E-state index in [-0.39, 0.29) is 0 Å². The first kappa shape index (κ1) is 15.9. The SMILES string of the molecule is CNC(=O)CNS(=O)(=O)c1cc(NC)ccc1[N+](=O)[O-]. The lowest BCUT2D eigenvalue weighted by Crippen LogP contribution is -2.35. The van der Waals surface area contributed by atoms with Crippen molar-refractivity contribution in [1.29, 1.82) is 0 Å². The number of nitrogens with zero attached hydrogens (tertiary/aromatic N) is 1. The van der Waals surface area contributed by atoms with Gasteiger partial charge in [0.25, 0.3) is 5.69 Å². The van der Waals surface area contributed by atoms with Crippen molar-refractivity contribution in [3.63, 3.8) is 0 Å². The average Bonchev–Trinajstić information content (AvgIpc) is 2.43. The summed E-state index contributed by atoms with van der Waals surface area (Å²) in [5, 5.41) is 15.8. The van der Waals surface area contributed by atoms with Crippen molar-refractivity contribution in [3.05, 3.63) is 28.3 Å². The molecule has 3 N–H and O–H groups in total. The number of carbonyl (C=O) groups excluding carboxylic acids is 1. The number of nitrogens with one attached hydrogen (secondary N) is 3. The van der Waals surface area contributed by atoms with E-state index in [4.69, 9.17) is 0 Å². The summed E-state index contributed by atoms with van der Waals surface area (Å²) in [5.41, 5.74) is -0.163. The summed E-state index contributed by atoms with van der Waals surface area (Å²) in [6.07, 6.45) is 0. The molecule has 20 heavy (non-hydrogen) atoms. The Morgan fingerprint density at radius 3 is 2.50 bits per heavy atom. The van der Waals surface area contributed by atoms with Crippen LogP contribution in [0.15, 0.2) is 23.1 Å². The van der Waals surface area contributed by atoms with Crippen LogP contribution in [-0.2, 0) is 14.8 Å². The third kappa shape index (κ3) is 3.65. The predicted octanol–water partition coefficient (Wildman–Crippen LogP) is -0.339. The summed E-state index contributed by atoms with van der Waals surface area (Å²) in [6.45, 7) is -0.500. The number of nitro groups is 1. The van der Waals surface area contributed by atoms with Crippen LogP contribution in [0, 0.1) is 10.1 Å². The molecule has 0 radical (unpaired) electrons. The summed E-state index contributed by atoms with van der Waals surface area (Å²) >= 11 is 0. The van der Waals surface area contributed by atoms with Crippen LogP contribution >= 0.6 is 0 Å². The Bertz CT molecular complexity index is 629. The second-order valence-corrected chi connectivity index (χ2v) is 5.42. The molecule has 1 aromatic rings. The minimum atomic E-state index is -4.17. The van der Waals surface area contributed by atoms with Crippen molar-refractivity contribution in [2.75, 3.05) is 26.0 Å². The van der Waals surface area contributed by atoms with Crippen LogP contribution in [0.2, 0.25) is 0 Å². The minimum Gasteiger partial charge on any atom is -0.388 e. The Labute approximate surface area is 115 Å². The number of anilines is 1. The Morgan fingerprint density at radius 1 is 1.35 bits per heavy atom. The number of hydrogen-bond donors (Lipinski definition) is 3. The van der Waals surface area contributed by atoms with E-state index in [9.17, 15) is 23.3 Å². The topological polar surface area (TPSA) is 130 Å². The molecule has 0 aromatic heterocycles.